The monoisotopic (exact) mass is 278 g/mol. The Morgan fingerprint density at radius 1 is 1.64 bits per heavy atom. The van der Waals surface area contributed by atoms with Crippen LogP contribution in [-0.4, -0.2) is 0 Å². The van der Waals surface area contributed by atoms with Crippen molar-refractivity contribution in [3.63, 3.8) is 0 Å². The van der Waals surface area contributed by atoms with E-state index in [0.717, 1.165) is 9.31 Å². The van der Waals surface area contributed by atoms with E-state index in [9.17, 15) is 0 Å². The van der Waals surface area contributed by atoms with Gasteiger partial charge in [0.05, 0.1) is 3.39 Å². The van der Waals surface area contributed by atoms with E-state index in [1.165, 1.54) is 19.3 Å². The molecule has 0 aromatic carbocycles. The Hall–Kier alpha value is 0.440. The molecule has 0 amide bonds. The molecule has 0 aromatic heterocycles. The van der Waals surface area contributed by atoms with Crippen LogP contribution in [-0.2, 0) is 0 Å². The molecule has 0 heterocycles. The lowest BCUT2D eigenvalue weighted by atomic mass is 9.91. The van der Waals surface area contributed by atoms with E-state index in [0.29, 0.717) is 0 Å². The van der Waals surface area contributed by atoms with Crippen LogP contribution >= 0.6 is 31.9 Å². The number of allylic oxidation sites excluding steroid dienone is 3. The van der Waals surface area contributed by atoms with E-state index >= 15 is 0 Å². The van der Waals surface area contributed by atoms with Crippen molar-refractivity contribution in [2.24, 2.45) is 5.92 Å². The summed E-state index contributed by atoms with van der Waals surface area (Å²) in [5, 5.41) is 0. The van der Waals surface area contributed by atoms with Crippen molar-refractivity contribution in [2.75, 3.05) is 0 Å². The summed E-state index contributed by atoms with van der Waals surface area (Å²) in [6.45, 7) is 2.21. The third-order valence-electron chi connectivity index (χ3n) is 2.04. The molecular weight excluding hydrogens is 268 g/mol. The third-order valence-corrected chi connectivity index (χ3v) is 2.57. The summed E-state index contributed by atoms with van der Waals surface area (Å²) >= 11 is 6.76. The van der Waals surface area contributed by atoms with Crippen molar-refractivity contribution < 1.29 is 0 Å². The maximum absolute atomic E-state index is 3.38. The maximum atomic E-state index is 3.38. The van der Waals surface area contributed by atoms with Crippen molar-refractivity contribution in [1.29, 1.82) is 0 Å². The molecule has 0 radical (unpaired) electrons. The molecule has 11 heavy (non-hydrogen) atoms. The van der Waals surface area contributed by atoms with Gasteiger partial charge in [-0.25, -0.2) is 0 Å². The zero-order valence-electron chi connectivity index (χ0n) is 6.61. The highest BCUT2D eigenvalue weighted by molar-refractivity contribution is 9.28. The van der Waals surface area contributed by atoms with Gasteiger partial charge < -0.3 is 0 Å². The normalized spacial score (nSPS) is 24.3. The summed E-state index contributed by atoms with van der Waals surface area (Å²) in [4.78, 5) is 0. The highest BCUT2D eigenvalue weighted by Gasteiger charge is 2.09. The SMILES string of the molecule is CC1=CCC(C=C(Br)Br)CC1. The Morgan fingerprint density at radius 2 is 2.36 bits per heavy atom. The highest BCUT2D eigenvalue weighted by Crippen LogP contribution is 2.27. The molecule has 1 atom stereocenters. The van der Waals surface area contributed by atoms with Crippen LogP contribution in [0.25, 0.3) is 0 Å². The van der Waals surface area contributed by atoms with Crippen LogP contribution < -0.4 is 0 Å². The van der Waals surface area contributed by atoms with Crippen molar-refractivity contribution in [1.82, 2.24) is 0 Å². The Bertz CT molecular complexity index is 188. The maximum Gasteiger partial charge on any atom is 0.0567 e. The minimum atomic E-state index is 0.729. The Labute approximate surface area is 85.0 Å². The van der Waals surface area contributed by atoms with Crippen molar-refractivity contribution in [3.8, 4) is 0 Å². The fourth-order valence-electron chi connectivity index (χ4n) is 1.32. The van der Waals surface area contributed by atoms with Crippen LogP contribution in [0.2, 0.25) is 0 Å². The quantitative estimate of drug-likeness (QED) is 0.626. The first-order chi connectivity index (χ1) is 5.18. The van der Waals surface area contributed by atoms with Crippen molar-refractivity contribution in [2.45, 2.75) is 26.2 Å². The Balaban J connectivity index is 2.47. The first kappa shape index (κ1) is 9.53. The van der Waals surface area contributed by atoms with Gasteiger partial charge in [0.2, 0.25) is 0 Å². The molecule has 0 saturated carbocycles. The molecule has 0 spiro atoms. The second-order valence-corrected chi connectivity index (χ2v) is 5.81. The fraction of sp³-hybridized carbons (Fsp3) is 0.556. The lowest BCUT2D eigenvalue weighted by molar-refractivity contribution is 0.568. The van der Waals surface area contributed by atoms with Gasteiger partial charge in [0.1, 0.15) is 0 Å². The van der Waals surface area contributed by atoms with Crippen LogP contribution in [0.1, 0.15) is 26.2 Å². The molecule has 0 fully saturated rings. The predicted molar refractivity (Wildman–Crippen MR) is 57.0 cm³/mol. The summed E-state index contributed by atoms with van der Waals surface area (Å²) in [7, 11) is 0. The average molecular weight is 280 g/mol. The molecule has 0 nitrogen and oxygen atoms in total. The molecular formula is C9H12Br2. The van der Waals surface area contributed by atoms with Gasteiger partial charge >= 0.3 is 0 Å². The minimum Gasteiger partial charge on any atom is -0.0850 e. The summed E-state index contributed by atoms with van der Waals surface area (Å²) in [6.07, 6.45) is 8.33. The average Bonchev–Trinajstić information content (AvgIpc) is 1.93. The lowest BCUT2D eigenvalue weighted by Crippen LogP contribution is -2.01. The number of hydrogen-bond donors (Lipinski definition) is 0. The predicted octanol–water partition coefficient (Wildman–Crippen LogP) is 4.36. The largest absolute Gasteiger partial charge is 0.0850 e. The minimum absolute atomic E-state index is 0.729. The summed E-state index contributed by atoms with van der Waals surface area (Å²) in [5.41, 5.74) is 1.54. The van der Waals surface area contributed by atoms with E-state index in [1.54, 1.807) is 5.57 Å². The van der Waals surface area contributed by atoms with Gasteiger partial charge in [0.25, 0.3) is 0 Å². The summed E-state index contributed by atoms with van der Waals surface area (Å²) < 4.78 is 1.09. The molecule has 1 aliphatic rings. The number of halogens is 2. The zero-order chi connectivity index (χ0) is 8.27. The first-order valence-electron chi connectivity index (χ1n) is 3.87. The van der Waals surface area contributed by atoms with Crippen LogP contribution in [0, 0.1) is 5.92 Å². The molecule has 1 aliphatic carbocycles. The molecule has 0 saturated heterocycles. The molecule has 0 aliphatic heterocycles. The van der Waals surface area contributed by atoms with E-state index in [1.807, 2.05) is 0 Å². The molecule has 0 aromatic rings. The first-order valence-corrected chi connectivity index (χ1v) is 5.45. The zero-order valence-corrected chi connectivity index (χ0v) is 9.78. The van der Waals surface area contributed by atoms with Gasteiger partial charge in [-0.2, -0.15) is 0 Å². The standard InChI is InChI=1S/C9H12Br2/c1-7-2-4-8(5-3-7)6-9(10)11/h2,6,8H,3-5H2,1H3. The molecule has 0 bridgehead atoms. The third kappa shape index (κ3) is 3.57. The van der Waals surface area contributed by atoms with Crippen LogP contribution in [0.15, 0.2) is 21.1 Å². The van der Waals surface area contributed by atoms with Crippen molar-refractivity contribution in [3.05, 3.63) is 21.1 Å². The van der Waals surface area contributed by atoms with Gasteiger partial charge in [-0.05, 0) is 64.0 Å². The topological polar surface area (TPSA) is 0 Å². The van der Waals surface area contributed by atoms with Gasteiger partial charge in [-0.1, -0.05) is 17.7 Å². The van der Waals surface area contributed by atoms with E-state index in [-0.39, 0.29) is 0 Å². The molecule has 1 rings (SSSR count). The fourth-order valence-corrected chi connectivity index (χ4v) is 2.06. The van der Waals surface area contributed by atoms with E-state index < -0.39 is 0 Å². The second-order valence-electron chi connectivity index (χ2n) is 3.04. The van der Waals surface area contributed by atoms with Gasteiger partial charge in [0.15, 0.2) is 0 Å². The van der Waals surface area contributed by atoms with Gasteiger partial charge in [-0.15, -0.1) is 0 Å². The van der Waals surface area contributed by atoms with Crippen LogP contribution in [0.3, 0.4) is 0 Å². The highest BCUT2D eigenvalue weighted by atomic mass is 79.9. The number of hydrogen-bond acceptors (Lipinski definition) is 0. The lowest BCUT2D eigenvalue weighted by Gasteiger charge is -2.16. The molecule has 2 heteroatoms. The summed E-state index contributed by atoms with van der Waals surface area (Å²) in [5.74, 6) is 0.729. The smallest absolute Gasteiger partial charge is 0.0567 e. The van der Waals surface area contributed by atoms with Crippen LogP contribution in [0.5, 0.6) is 0 Å². The summed E-state index contributed by atoms with van der Waals surface area (Å²) in [6, 6.07) is 0. The molecule has 1 unspecified atom stereocenters. The van der Waals surface area contributed by atoms with Crippen molar-refractivity contribution >= 4 is 31.9 Å². The second kappa shape index (κ2) is 4.46. The molecule has 0 N–H and O–H groups in total. The van der Waals surface area contributed by atoms with E-state index in [4.69, 9.17) is 0 Å². The Kier molecular flexibility index (Phi) is 3.86. The number of rotatable bonds is 1. The van der Waals surface area contributed by atoms with Gasteiger partial charge in [0, 0.05) is 0 Å². The van der Waals surface area contributed by atoms with Crippen LogP contribution in [0.4, 0.5) is 0 Å². The van der Waals surface area contributed by atoms with E-state index in [2.05, 4.69) is 50.9 Å². The Morgan fingerprint density at radius 3 is 2.82 bits per heavy atom. The van der Waals surface area contributed by atoms with Gasteiger partial charge in [-0.3, -0.25) is 0 Å². The molecule has 62 valence electrons.